The van der Waals surface area contributed by atoms with Crippen LogP contribution in [0.3, 0.4) is 0 Å². The van der Waals surface area contributed by atoms with Gasteiger partial charge in [0.05, 0.1) is 0 Å². The number of amides is 1. The SMILES string of the molecule is C=CCC(=O)N(Cc1ccccc1Br)[C@@H](C)C=C. The molecular weight excluding hydrogens is 290 g/mol. The maximum absolute atomic E-state index is 12.1. The van der Waals surface area contributed by atoms with Crippen LogP contribution in [0.5, 0.6) is 0 Å². The minimum atomic E-state index is 0.00422. The molecule has 0 saturated heterocycles. The Morgan fingerprint density at radius 2 is 2.11 bits per heavy atom. The Kier molecular flexibility index (Phi) is 5.86. The summed E-state index contributed by atoms with van der Waals surface area (Å²) in [5.74, 6) is 0.0631. The zero-order valence-corrected chi connectivity index (χ0v) is 12.2. The Bertz CT molecular complexity index is 442. The standard InChI is InChI=1S/C15H18BrNO/c1-4-8-15(18)17(12(3)5-2)11-13-9-6-7-10-14(13)16/h4-7,9-10,12H,1-2,8,11H2,3H3/t12-/m0/s1. The van der Waals surface area contributed by atoms with E-state index in [0.717, 1.165) is 10.0 Å². The number of nitrogens with zero attached hydrogens (tertiary/aromatic N) is 1. The van der Waals surface area contributed by atoms with Gasteiger partial charge in [0.2, 0.25) is 5.91 Å². The average molecular weight is 308 g/mol. The Hall–Kier alpha value is -1.35. The Labute approximate surface area is 117 Å². The highest BCUT2D eigenvalue weighted by molar-refractivity contribution is 9.10. The summed E-state index contributed by atoms with van der Waals surface area (Å²) in [7, 11) is 0. The van der Waals surface area contributed by atoms with Gasteiger partial charge in [-0.05, 0) is 18.6 Å². The van der Waals surface area contributed by atoms with Crippen LogP contribution in [0.15, 0.2) is 54.0 Å². The van der Waals surface area contributed by atoms with Gasteiger partial charge < -0.3 is 4.90 Å². The fourth-order valence-electron chi connectivity index (χ4n) is 1.64. The average Bonchev–Trinajstić information content (AvgIpc) is 2.37. The van der Waals surface area contributed by atoms with Gasteiger partial charge in [0.15, 0.2) is 0 Å². The Morgan fingerprint density at radius 1 is 1.44 bits per heavy atom. The van der Waals surface area contributed by atoms with Crippen LogP contribution in [0, 0.1) is 0 Å². The van der Waals surface area contributed by atoms with Crippen LogP contribution in [0.2, 0.25) is 0 Å². The highest BCUT2D eigenvalue weighted by Gasteiger charge is 2.17. The molecule has 0 spiro atoms. The lowest BCUT2D eigenvalue weighted by atomic mass is 10.1. The molecule has 18 heavy (non-hydrogen) atoms. The molecule has 0 aromatic heterocycles. The van der Waals surface area contributed by atoms with E-state index < -0.39 is 0 Å². The van der Waals surface area contributed by atoms with Crippen molar-refractivity contribution in [1.82, 2.24) is 4.90 Å². The molecule has 0 aliphatic rings. The Morgan fingerprint density at radius 3 is 2.67 bits per heavy atom. The second kappa shape index (κ2) is 7.17. The topological polar surface area (TPSA) is 20.3 Å². The van der Waals surface area contributed by atoms with E-state index in [9.17, 15) is 4.79 Å². The molecule has 96 valence electrons. The maximum Gasteiger partial charge on any atom is 0.227 e. The summed E-state index contributed by atoms with van der Waals surface area (Å²) in [5, 5.41) is 0. The predicted molar refractivity (Wildman–Crippen MR) is 79.2 cm³/mol. The first-order valence-electron chi connectivity index (χ1n) is 5.86. The van der Waals surface area contributed by atoms with Gasteiger partial charge in [0.1, 0.15) is 0 Å². The van der Waals surface area contributed by atoms with Crippen LogP contribution in [0.4, 0.5) is 0 Å². The molecule has 0 heterocycles. The summed E-state index contributed by atoms with van der Waals surface area (Å²) in [6.07, 6.45) is 3.76. The fourth-order valence-corrected chi connectivity index (χ4v) is 2.05. The van der Waals surface area contributed by atoms with Crippen molar-refractivity contribution in [3.8, 4) is 0 Å². The zero-order chi connectivity index (χ0) is 13.5. The first-order valence-corrected chi connectivity index (χ1v) is 6.65. The van der Waals surface area contributed by atoms with Gasteiger partial charge in [-0.1, -0.05) is 46.3 Å². The van der Waals surface area contributed by atoms with Gasteiger partial charge in [-0.25, -0.2) is 0 Å². The molecule has 3 heteroatoms. The molecular formula is C15H18BrNO. The molecule has 1 amide bonds. The van der Waals surface area contributed by atoms with Gasteiger partial charge >= 0.3 is 0 Å². The summed E-state index contributed by atoms with van der Waals surface area (Å²) in [6.45, 7) is 9.90. The number of halogens is 1. The monoisotopic (exact) mass is 307 g/mol. The molecule has 0 saturated carbocycles. The lowest BCUT2D eigenvalue weighted by molar-refractivity contribution is -0.132. The second-order valence-electron chi connectivity index (χ2n) is 4.08. The summed E-state index contributed by atoms with van der Waals surface area (Å²) < 4.78 is 1.01. The van der Waals surface area contributed by atoms with Gasteiger partial charge in [0, 0.05) is 23.5 Å². The minimum Gasteiger partial charge on any atom is -0.332 e. The van der Waals surface area contributed by atoms with Crippen LogP contribution in [-0.4, -0.2) is 16.8 Å². The maximum atomic E-state index is 12.1. The third kappa shape index (κ3) is 3.84. The molecule has 0 unspecified atom stereocenters. The van der Waals surface area contributed by atoms with E-state index in [1.807, 2.05) is 31.2 Å². The van der Waals surface area contributed by atoms with Gasteiger partial charge in [-0.2, -0.15) is 0 Å². The normalized spacial score (nSPS) is 11.7. The third-order valence-corrected chi connectivity index (χ3v) is 3.54. The van der Waals surface area contributed by atoms with Crippen molar-refractivity contribution >= 4 is 21.8 Å². The van der Waals surface area contributed by atoms with Crippen molar-refractivity contribution in [2.45, 2.75) is 25.9 Å². The number of hydrogen-bond acceptors (Lipinski definition) is 1. The van der Waals surface area contributed by atoms with Crippen molar-refractivity contribution < 1.29 is 4.79 Å². The third-order valence-electron chi connectivity index (χ3n) is 2.77. The predicted octanol–water partition coefficient (Wildman–Crippen LogP) is 3.93. The van der Waals surface area contributed by atoms with E-state index in [-0.39, 0.29) is 11.9 Å². The van der Waals surface area contributed by atoms with E-state index in [4.69, 9.17) is 0 Å². The molecule has 1 aromatic rings. The highest BCUT2D eigenvalue weighted by Crippen LogP contribution is 2.19. The van der Waals surface area contributed by atoms with Gasteiger partial charge in [0.25, 0.3) is 0 Å². The molecule has 1 atom stereocenters. The van der Waals surface area contributed by atoms with E-state index >= 15 is 0 Å². The molecule has 1 rings (SSSR count). The molecule has 2 nitrogen and oxygen atoms in total. The molecule has 0 aliphatic carbocycles. The number of benzene rings is 1. The number of carbonyl (C=O) groups excluding carboxylic acids is 1. The quantitative estimate of drug-likeness (QED) is 0.729. The van der Waals surface area contributed by atoms with Gasteiger partial charge in [-0.3, -0.25) is 4.79 Å². The lowest BCUT2D eigenvalue weighted by Gasteiger charge is -2.27. The van der Waals surface area contributed by atoms with Crippen LogP contribution >= 0.6 is 15.9 Å². The Balaban J connectivity index is 2.91. The van der Waals surface area contributed by atoms with E-state index in [0.29, 0.717) is 13.0 Å². The number of carbonyl (C=O) groups is 1. The number of rotatable bonds is 6. The highest BCUT2D eigenvalue weighted by atomic mass is 79.9. The minimum absolute atomic E-state index is 0.00422. The molecule has 0 radical (unpaired) electrons. The zero-order valence-electron chi connectivity index (χ0n) is 10.6. The van der Waals surface area contributed by atoms with Crippen LogP contribution in [0.1, 0.15) is 18.9 Å². The van der Waals surface area contributed by atoms with Crippen LogP contribution in [-0.2, 0) is 11.3 Å². The molecule has 0 N–H and O–H groups in total. The summed E-state index contributed by atoms with van der Waals surface area (Å²) >= 11 is 3.50. The first kappa shape index (κ1) is 14.7. The fraction of sp³-hybridized carbons (Fsp3) is 0.267. The van der Waals surface area contributed by atoms with Crippen molar-refractivity contribution in [2.75, 3.05) is 0 Å². The summed E-state index contributed by atoms with van der Waals surface area (Å²) in [5.41, 5.74) is 1.09. The van der Waals surface area contributed by atoms with E-state index in [1.165, 1.54) is 0 Å². The lowest BCUT2D eigenvalue weighted by Crippen LogP contribution is -2.36. The number of hydrogen-bond donors (Lipinski definition) is 0. The van der Waals surface area contributed by atoms with Crippen LogP contribution in [0.25, 0.3) is 0 Å². The van der Waals surface area contributed by atoms with Crippen molar-refractivity contribution in [3.63, 3.8) is 0 Å². The van der Waals surface area contributed by atoms with Crippen molar-refractivity contribution in [3.05, 3.63) is 59.6 Å². The summed E-state index contributed by atoms with van der Waals surface area (Å²) in [4.78, 5) is 13.9. The van der Waals surface area contributed by atoms with E-state index in [1.54, 1.807) is 17.1 Å². The second-order valence-corrected chi connectivity index (χ2v) is 4.94. The van der Waals surface area contributed by atoms with Crippen molar-refractivity contribution in [1.29, 1.82) is 0 Å². The molecule has 0 fully saturated rings. The molecule has 0 bridgehead atoms. The first-order chi connectivity index (χ1) is 8.60. The van der Waals surface area contributed by atoms with Gasteiger partial charge in [-0.15, -0.1) is 13.2 Å². The van der Waals surface area contributed by atoms with Crippen molar-refractivity contribution in [2.24, 2.45) is 0 Å². The smallest absolute Gasteiger partial charge is 0.227 e. The molecule has 1 aromatic carbocycles. The largest absolute Gasteiger partial charge is 0.332 e. The molecule has 0 aliphatic heterocycles. The van der Waals surface area contributed by atoms with Crippen LogP contribution < -0.4 is 0 Å². The van der Waals surface area contributed by atoms with E-state index in [2.05, 4.69) is 29.1 Å². The summed E-state index contributed by atoms with van der Waals surface area (Å²) in [6, 6.07) is 7.91.